The summed E-state index contributed by atoms with van der Waals surface area (Å²) in [6.07, 6.45) is 6.83. The third-order valence-electron chi connectivity index (χ3n) is 5.18. The van der Waals surface area contributed by atoms with Crippen molar-refractivity contribution >= 4 is 16.8 Å². The summed E-state index contributed by atoms with van der Waals surface area (Å²) in [6.45, 7) is 6.07. The lowest BCUT2D eigenvalue weighted by Gasteiger charge is -2.10. The third-order valence-corrected chi connectivity index (χ3v) is 5.18. The van der Waals surface area contributed by atoms with Crippen LogP contribution in [0.4, 0.5) is 4.39 Å². The van der Waals surface area contributed by atoms with Gasteiger partial charge in [-0.25, -0.2) is 14.4 Å². The minimum atomic E-state index is -0.332. The summed E-state index contributed by atoms with van der Waals surface area (Å²) in [4.78, 5) is 26.0. The van der Waals surface area contributed by atoms with Crippen LogP contribution in [-0.2, 0) is 6.42 Å². The van der Waals surface area contributed by atoms with Gasteiger partial charge >= 0.3 is 0 Å². The molecular weight excluding hydrogens is 393 g/mol. The van der Waals surface area contributed by atoms with E-state index in [1.807, 2.05) is 24.4 Å². The molecule has 0 radical (unpaired) electrons. The summed E-state index contributed by atoms with van der Waals surface area (Å²) >= 11 is 0. The molecule has 0 unspecified atom stereocenters. The van der Waals surface area contributed by atoms with E-state index in [2.05, 4.69) is 34.2 Å². The average Bonchev–Trinajstić information content (AvgIpc) is 3.09. The molecule has 0 fully saturated rings. The first kappa shape index (κ1) is 20.7. The Hall–Kier alpha value is -3.61. The lowest BCUT2D eigenvalue weighted by atomic mass is 10.0. The van der Waals surface area contributed by atoms with Gasteiger partial charge in [-0.1, -0.05) is 19.9 Å². The van der Waals surface area contributed by atoms with E-state index in [1.165, 1.54) is 18.3 Å². The molecule has 31 heavy (non-hydrogen) atoms. The van der Waals surface area contributed by atoms with Gasteiger partial charge in [0, 0.05) is 24.0 Å². The van der Waals surface area contributed by atoms with Gasteiger partial charge in [0.2, 0.25) is 0 Å². The summed E-state index contributed by atoms with van der Waals surface area (Å²) in [7, 11) is 0. The Morgan fingerprint density at radius 3 is 2.74 bits per heavy atom. The predicted molar refractivity (Wildman–Crippen MR) is 119 cm³/mol. The Balaban J connectivity index is 1.62. The number of carbonyl (C=O) groups is 1. The number of nitrogens with one attached hydrogen (secondary N) is 1. The predicted octanol–water partition coefficient (Wildman–Crippen LogP) is 4.91. The maximum Gasteiger partial charge on any atom is 0.273 e. The fourth-order valence-corrected chi connectivity index (χ4v) is 3.48. The summed E-state index contributed by atoms with van der Waals surface area (Å²) in [5.74, 6) is 0.366. The van der Waals surface area contributed by atoms with Gasteiger partial charge < -0.3 is 0 Å². The second-order valence-electron chi connectivity index (χ2n) is 7.97. The molecule has 6 nitrogen and oxygen atoms in total. The molecule has 7 heteroatoms. The highest BCUT2D eigenvalue weighted by molar-refractivity contribution is 6.01. The van der Waals surface area contributed by atoms with Crippen LogP contribution in [0.15, 0.2) is 55.0 Å². The van der Waals surface area contributed by atoms with Gasteiger partial charge in [-0.15, -0.1) is 0 Å². The monoisotopic (exact) mass is 417 g/mol. The van der Waals surface area contributed by atoms with E-state index < -0.39 is 0 Å². The maximum atomic E-state index is 13.9. The lowest BCUT2D eigenvalue weighted by Crippen LogP contribution is -2.23. The number of halogens is 1. The minimum absolute atomic E-state index is 0.295. The molecule has 1 N–H and O–H groups in total. The molecule has 1 aromatic carbocycles. The Bertz CT molecular complexity index is 1230. The Morgan fingerprint density at radius 2 is 2.03 bits per heavy atom. The van der Waals surface area contributed by atoms with Crippen molar-refractivity contribution in [2.45, 2.75) is 33.6 Å². The minimum Gasteiger partial charge on any atom is -0.267 e. The molecule has 158 valence electrons. The molecule has 0 atom stereocenters. The van der Waals surface area contributed by atoms with Gasteiger partial charge in [0.25, 0.3) is 5.91 Å². The van der Waals surface area contributed by atoms with Crippen molar-refractivity contribution in [3.63, 3.8) is 0 Å². The van der Waals surface area contributed by atoms with E-state index >= 15 is 0 Å². The number of aromatic nitrogens is 4. The largest absolute Gasteiger partial charge is 0.273 e. The van der Waals surface area contributed by atoms with E-state index in [9.17, 15) is 9.18 Å². The number of hydrogen-bond acceptors (Lipinski definition) is 4. The van der Waals surface area contributed by atoms with Crippen LogP contribution in [0.5, 0.6) is 0 Å². The molecule has 3 heterocycles. The van der Waals surface area contributed by atoms with E-state index in [1.54, 1.807) is 23.9 Å². The second-order valence-corrected chi connectivity index (χ2v) is 7.97. The standard InChI is InChI=1S/C24H24FN5O/c1-15(2)7-8-17-14-30(22-10-9-18(25)12-19(17)22)29-24(31)20-13-27-23(28-16(20)3)21-6-4-5-11-26-21/h4-6,9-15H,7-8H2,1-3H3,(H,29,31). The zero-order valence-electron chi connectivity index (χ0n) is 17.8. The molecule has 1 amide bonds. The van der Waals surface area contributed by atoms with Gasteiger partial charge in [-0.05, 0) is 61.6 Å². The molecule has 4 rings (SSSR count). The quantitative estimate of drug-likeness (QED) is 0.484. The molecule has 0 spiro atoms. The molecular formula is C24H24FN5O. The fraction of sp³-hybridized carbons (Fsp3) is 0.250. The van der Waals surface area contributed by atoms with Gasteiger partial charge in [0.1, 0.15) is 11.5 Å². The normalized spacial score (nSPS) is 11.3. The lowest BCUT2D eigenvalue weighted by molar-refractivity contribution is 0.101. The first-order chi connectivity index (χ1) is 14.9. The number of hydrogen-bond donors (Lipinski definition) is 1. The van der Waals surface area contributed by atoms with Crippen LogP contribution >= 0.6 is 0 Å². The van der Waals surface area contributed by atoms with Crippen molar-refractivity contribution in [2.75, 3.05) is 5.43 Å². The van der Waals surface area contributed by atoms with Crippen molar-refractivity contribution in [1.29, 1.82) is 0 Å². The van der Waals surface area contributed by atoms with E-state index in [0.717, 1.165) is 29.3 Å². The topological polar surface area (TPSA) is 72.7 Å². The molecule has 0 saturated carbocycles. The number of pyridine rings is 1. The number of nitrogens with zero attached hydrogens (tertiary/aromatic N) is 4. The SMILES string of the molecule is Cc1nc(-c2ccccn2)ncc1C(=O)Nn1cc(CCC(C)C)c2cc(F)ccc21. The summed E-state index contributed by atoms with van der Waals surface area (Å²) in [6, 6.07) is 10.1. The first-order valence-electron chi connectivity index (χ1n) is 10.3. The highest BCUT2D eigenvalue weighted by Crippen LogP contribution is 2.24. The number of amides is 1. The number of carbonyl (C=O) groups excluding carboxylic acids is 1. The van der Waals surface area contributed by atoms with E-state index in [-0.39, 0.29) is 11.7 Å². The Morgan fingerprint density at radius 1 is 1.19 bits per heavy atom. The molecule has 0 aliphatic heterocycles. The van der Waals surface area contributed by atoms with E-state index in [0.29, 0.717) is 28.7 Å². The van der Waals surface area contributed by atoms with Crippen LogP contribution in [0.3, 0.4) is 0 Å². The molecule has 3 aromatic heterocycles. The highest BCUT2D eigenvalue weighted by atomic mass is 19.1. The van der Waals surface area contributed by atoms with Gasteiger partial charge in [0.05, 0.1) is 16.8 Å². The number of fused-ring (bicyclic) bond motifs is 1. The van der Waals surface area contributed by atoms with Crippen molar-refractivity contribution in [2.24, 2.45) is 5.92 Å². The van der Waals surface area contributed by atoms with Gasteiger partial charge in [0.15, 0.2) is 5.82 Å². The number of aryl methyl sites for hydroxylation is 2. The van der Waals surface area contributed by atoms with Crippen molar-refractivity contribution in [3.05, 3.63) is 77.6 Å². The molecule has 0 aliphatic carbocycles. The maximum absolute atomic E-state index is 13.9. The van der Waals surface area contributed by atoms with Crippen LogP contribution in [-0.4, -0.2) is 25.5 Å². The summed E-state index contributed by atoms with van der Waals surface area (Å²) < 4.78 is 15.5. The zero-order chi connectivity index (χ0) is 22.0. The molecule has 0 bridgehead atoms. The number of benzene rings is 1. The molecule has 4 aromatic rings. The first-order valence-corrected chi connectivity index (χ1v) is 10.3. The zero-order valence-corrected chi connectivity index (χ0v) is 17.8. The van der Waals surface area contributed by atoms with Gasteiger partial charge in [-0.2, -0.15) is 0 Å². The molecule has 0 aliphatic rings. The van der Waals surface area contributed by atoms with Crippen molar-refractivity contribution in [1.82, 2.24) is 19.6 Å². The molecule has 0 saturated heterocycles. The van der Waals surface area contributed by atoms with E-state index in [4.69, 9.17) is 0 Å². The Labute approximate surface area is 180 Å². The smallest absolute Gasteiger partial charge is 0.267 e. The van der Waals surface area contributed by atoms with Crippen molar-refractivity contribution in [3.8, 4) is 11.5 Å². The fourth-order valence-electron chi connectivity index (χ4n) is 3.48. The van der Waals surface area contributed by atoms with Crippen LogP contribution in [0, 0.1) is 18.7 Å². The van der Waals surface area contributed by atoms with Crippen LogP contribution in [0.1, 0.15) is 41.9 Å². The average molecular weight is 417 g/mol. The van der Waals surface area contributed by atoms with Crippen LogP contribution in [0.25, 0.3) is 22.4 Å². The summed E-state index contributed by atoms with van der Waals surface area (Å²) in [5, 5.41) is 0.805. The number of rotatable bonds is 6. The van der Waals surface area contributed by atoms with Crippen LogP contribution < -0.4 is 5.43 Å². The highest BCUT2D eigenvalue weighted by Gasteiger charge is 2.16. The Kier molecular flexibility index (Phi) is 5.75. The van der Waals surface area contributed by atoms with Crippen LogP contribution in [0.2, 0.25) is 0 Å². The second kappa shape index (κ2) is 8.63. The van der Waals surface area contributed by atoms with Crippen molar-refractivity contribution < 1.29 is 9.18 Å². The third kappa shape index (κ3) is 4.45. The summed E-state index contributed by atoms with van der Waals surface area (Å²) in [5.41, 5.74) is 6.20. The van der Waals surface area contributed by atoms with Gasteiger partial charge in [-0.3, -0.25) is 19.9 Å².